The maximum atomic E-state index is 12.4. The Balaban J connectivity index is 2.35. The summed E-state index contributed by atoms with van der Waals surface area (Å²) in [6.45, 7) is 3.83. The highest BCUT2D eigenvalue weighted by Gasteiger charge is 2.26. The molecule has 0 fully saturated rings. The molecule has 2 rings (SSSR count). The number of thiophene rings is 1. The van der Waals surface area contributed by atoms with Crippen LogP contribution in [0.15, 0.2) is 5.10 Å². The normalized spacial score (nSPS) is 14.0. The first-order chi connectivity index (χ1) is 12.1. The lowest BCUT2D eigenvalue weighted by Gasteiger charge is -2.07. The van der Waals surface area contributed by atoms with Crippen LogP contribution in [-0.4, -0.2) is 30.9 Å². The van der Waals surface area contributed by atoms with Crippen LogP contribution in [0.25, 0.3) is 0 Å². The van der Waals surface area contributed by atoms with Crippen LogP contribution in [0.4, 0.5) is 5.00 Å². The van der Waals surface area contributed by atoms with Crippen LogP contribution >= 0.6 is 11.3 Å². The van der Waals surface area contributed by atoms with Gasteiger partial charge in [0.25, 0.3) is 0 Å². The molecule has 8 heteroatoms. The van der Waals surface area contributed by atoms with Gasteiger partial charge in [0.2, 0.25) is 5.71 Å². The van der Waals surface area contributed by atoms with E-state index in [9.17, 15) is 9.59 Å². The van der Waals surface area contributed by atoms with Crippen molar-refractivity contribution in [2.45, 2.75) is 46.0 Å². The summed E-state index contributed by atoms with van der Waals surface area (Å²) in [5, 5.41) is 13.4. The number of hydrazone groups is 1. The summed E-state index contributed by atoms with van der Waals surface area (Å²) in [6.07, 6.45) is 4.94. The van der Waals surface area contributed by atoms with E-state index < -0.39 is 11.9 Å². The molecule has 0 radical (unpaired) electrons. The maximum absolute atomic E-state index is 12.4. The van der Waals surface area contributed by atoms with Gasteiger partial charge in [-0.3, -0.25) is 5.43 Å². The van der Waals surface area contributed by atoms with Crippen molar-refractivity contribution in [3.05, 3.63) is 16.0 Å². The van der Waals surface area contributed by atoms with E-state index in [1.807, 2.05) is 0 Å². The molecular formula is C17H21N3O4S. The number of carbonyl (C=O) groups excluding carboxylic acids is 2. The molecule has 0 atom stereocenters. The second kappa shape index (κ2) is 9.18. The molecule has 0 aliphatic heterocycles. The van der Waals surface area contributed by atoms with E-state index in [1.165, 1.54) is 11.3 Å². The summed E-state index contributed by atoms with van der Waals surface area (Å²) in [6, 6.07) is 1.70. The van der Waals surface area contributed by atoms with Crippen LogP contribution in [0.2, 0.25) is 0 Å². The summed E-state index contributed by atoms with van der Waals surface area (Å²) in [5.74, 6) is -1.21. The van der Waals surface area contributed by atoms with E-state index >= 15 is 0 Å². The molecule has 0 saturated carbocycles. The van der Waals surface area contributed by atoms with Crippen molar-refractivity contribution >= 4 is 34.0 Å². The standard InChI is InChI=1S/C17H21N3O4S/c1-3-23-16(21)12(10-18)19-20-15-14(17(22)24-4-2)11-8-6-5-7-9-13(11)25-15/h20H,3-9H2,1-2H3/b19-12+. The topological polar surface area (TPSA) is 101 Å². The molecule has 0 spiro atoms. The first-order valence-corrected chi connectivity index (χ1v) is 9.16. The number of carbonyl (C=O) groups is 2. The number of aryl methyl sites for hydroxylation is 1. The number of esters is 2. The van der Waals surface area contributed by atoms with E-state index in [0.29, 0.717) is 10.6 Å². The number of fused-ring (bicyclic) bond motifs is 1. The molecular weight excluding hydrogens is 342 g/mol. The maximum Gasteiger partial charge on any atom is 0.369 e. The molecule has 7 nitrogen and oxygen atoms in total. The first-order valence-electron chi connectivity index (χ1n) is 8.34. The Morgan fingerprint density at radius 1 is 1.20 bits per heavy atom. The van der Waals surface area contributed by atoms with Crippen molar-refractivity contribution in [3.63, 3.8) is 0 Å². The van der Waals surface area contributed by atoms with Gasteiger partial charge in [0.15, 0.2) is 0 Å². The van der Waals surface area contributed by atoms with Gasteiger partial charge in [-0.25, -0.2) is 9.59 Å². The molecule has 0 saturated heterocycles. The van der Waals surface area contributed by atoms with Crippen molar-refractivity contribution in [1.29, 1.82) is 5.26 Å². The summed E-state index contributed by atoms with van der Waals surface area (Å²) < 4.78 is 9.95. The van der Waals surface area contributed by atoms with Crippen LogP contribution in [0.1, 0.15) is 53.9 Å². The van der Waals surface area contributed by atoms with E-state index in [-0.39, 0.29) is 18.9 Å². The molecule has 1 aromatic rings. The van der Waals surface area contributed by atoms with E-state index in [4.69, 9.17) is 14.7 Å². The SMILES string of the molecule is CCOC(=O)/C(C#N)=N/Nc1sc2c(c1C(=O)OCC)CCCCC2. The lowest BCUT2D eigenvalue weighted by atomic mass is 10.1. The quantitative estimate of drug-likeness (QED) is 0.361. The Labute approximate surface area is 150 Å². The monoisotopic (exact) mass is 363 g/mol. The molecule has 1 aliphatic rings. The number of nitriles is 1. The molecule has 0 aromatic carbocycles. The number of anilines is 1. The highest BCUT2D eigenvalue weighted by molar-refractivity contribution is 7.16. The highest BCUT2D eigenvalue weighted by Crippen LogP contribution is 2.38. The van der Waals surface area contributed by atoms with Gasteiger partial charge in [-0.2, -0.15) is 10.4 Å². The van der Waals surface area contributed by atoms with Gasteiger partial charge in [0.1, 0.15) is 11.1 Å². The lowest BCUT2D eigenvalue weighted by molar-refractivity contribution is -0.134. The Bertz CT molecular complexity index is 718. The first kappa shape index (κ1) is 18.9. The van der Waals surface area contributed by atoms with E-state index in [1.54, 1.807) is 19.9 Å². The number of hydrogen-bond acceptors (Lipinski definition) is 8. The van der Waals surface area contributed by atoms with Gasteiger partial charge in [0, 0.05) is 4.88 Å². The van der Waals surface area contributed by atoms with Crippen LogP contribution in [0, 0.1) is 11.3 Å². The number of nitrogens with zero attached hydrogens (tertiary/aromatic N) is 2. The predicted octanol–water partition coefficient (Wildman–Crippen LogP) is 3.05. The molecule has 0 bridgehead atoms. The fourth-order valence-corrected chi connectivity index (χ4v) is 3.88. The fourth-order valence-electron chi connectivity index (χ4n) is 2.66. The van der Waals surface area contributed by atoms with Gasteiger partial charge >= 0.3 is 11.9 Å². The Kier molecular flexibility index (Phi) is 6.95. The summed E-state index contributed by atoms with van der Waals surface area (Å²) >= 11 is 1.43. The molecule has 1 heterocycles. The fraction of sp³-hybridized carbons (Fsp3) is 0.529. The number of ether oxygens (including phenoxy) is 2. The zero-order chi connectivity index (χ0) is 18.2. The van der Waals surface area contributed by atoms with Gasteiger partial charge in [-0.1, -0.05) is 6.42 Å². The molecule has 0 amide bonds. The third kappa shape index (κ3) is 4.57. The minimum Gasteiger partial charge on any atom is -0.462 e. The summed E-state index contributed by atoms with van der Waals surface area (Å²) in [5.41, 5.74) is 3.77. The number of rotatable bonds is 6. The Morgan fingerprint density at radius 3 is 2.60 bits per heavy atom. The molecule has 25 heavy (non-hydrogen) atoms. The van der Waals surface area contributed by atoms with Crippen LogP contribution in [0.3, 0.4) is 0 Å². The minimum absolute atomic E-state index is 0.154. The number of hydrogen-bond donors (Lipinski definition) is 1. The van der Waals surface area contributed by atoms with Crippen molar-refractivity contribution in [2.24, 2.45) is 5.10 Å². The van der Waals surface area contributed by atoms with E-state index in [2.05, 4.69) is 10.5 Å². The van der Waals surface area contributed by atoms with E-state index in [0.717, 1.165) is 42.5 Å². The summed E-state index contributed by atoms with van der Waals surface area (Å²) in [7, 11) is 0. The third-order valence-electron chi connectivity index (χ3n) is 3.74. The van der Waals surface area contributed by atoms with Gasteiger partial charge < -0.3 is 9.47 Å². The zero-order valence-corrected chi connectivity index (χ0v) is 15.2. The van der Waals surface area contributed by atoms with Crippen molar-refractivity contribution in [3.8, 4) is 6.07 Å². The Hall–Kier alpha value is -2.40. The van der Waals surface area contributed by atoms with Crippen LogP contribution < -0.4 is 5.43 Å². The second-order valence-electron chi connectivity index (χ2n) is 5.39. The largest absolute Gasteiger partial charge is 0.462 e. The molecule has 1 N–H and O–H groups in total. The highest BCUT2D eigenvalue weighted by atomic mass is 32.1. The van der Waals surface area contributed by atoms with Crippen LogP contribution in [0.5, 0.6) is 0 Å². The van der Waals surface area contributed by atoms with Crippen molar-refractivity contribution in [2.75, 3.05) is 18.6 Å². The van der Waals surface area contributed by atoms with Gasteiger partial charge in [-0.15, -0.1) is 11.3 Å². The minimum atomic E-state index is -0.798. The lowest BCUT2D eigenvalue weighted by Crippen LogP contribution is -2.17. The smallest absolute Gasteiger partial charge is 0.369 e. The van der Waals surface area contributed by atoms with Crippen LogP contribution in [-0.2, 0) is 27.1 Å². The van der Waals surface area contributed by atoms with Gasteiger partial charge in [-0.05, 0) is 45.1 Å². The third-order valence-corrected chi connectivity index (χ3v) is 4.94. The second-order valence-corrected chi connectivity index (χ2v) is 6.50. The molecule has 1 aliphatic carbocycles. The average Bonchev–Trinajstić information content (AvgIpc) is 2.77. The molecule has 134 valence electrons. The predicted molar refractivity (Wildman–Crippen MR) is 94.8 cm³/mol. The molecule has 0 unspecified atom stereocenters. The average molecular weight is 363 g/mol. The number of nitrogens with one attached hydrogen (secondary N) is 1. The Morgan fingerprint density at radius 2 is 1.92 bits per heavy atom. The van der Waals surface area contributed by atoms with Crippen molar-refractivity contribution < 1.29 is 19.1 Å². The van der Waals surface area contributed by atoms with Crippen molar-refractivity contribution in [1.82, 2.24) is 0 Å². The zero-order valence-electron chi connectivity index (χ0n) is 14.4. The molecule has 1 aromatic heterocycles. The summed E-state index contributed by atoms with van der Waals surface area (Å²) in [4.78, 5) is 25.2. The van der Waals surface area contributed by atoms with Gasteiger partial charge in [0.05, 0.1) is 18.8 Å².